The maximum atomic E-state index is 6.15. The molecule has 3 rings (SSSR count). The number of ether oxygens (including phenoxy) is 1. The molecule has 2 aliphatic rings. The average molecular weight is 310 g/mol. The first-order valence-corrected chi connectivity index (χ1v) is 7.73. The normalized spacial score (nSPS) is 32.6. The zero-order chi connectivity index (χ0) is 12.4. The second-order valence-electron chi connectivity index (χ2n) is 5.40. The van der Waals surface area contributed by atoms with Crippen molar-refractivity contribution in [2.75, 3.05) is 13.2 Å². The van der Waals surface area contributed by atoms with Gasteiger partial charge in [-0.25, -0.2) is 0 Å². The summed E-state index contributed by atoms with van der Waals surface area (Å²) in [6.07, 6.45) is 5.56. The highest BCUT2D eigenvalue weighted by Gasteiger charge is 2.30. The van der Waals surface area contributed by atoms with Gasteiger partial charge in [-0.05, 0) is 30.4 Å². The molecule has 1 aliphatic heterocycles. The Morgan fingerprint density at radius 2 is 2.00 bits per heavy atom. The van der Waals surface area contributed by atoms with Gasteiger partial charge in [0.25, 0.3) is 0 Å². The first kappa shape index (κ1) is 12.6. The van der Waals surface area contributed by atoms with Gasteiger partial charge in [0.1, 0.15) is 0 Å². The number of halogens is 1. The fraction of sp³-hybridized carbons (Fsp3) is 0.600. The fourth-order valence-corrected chi connectivity index (χ4v) is 3.71. The summed E-state index contributed by atoms with van der Waals surface area (Å²) in [5, 5.41) is 3.71. The summed E-state index contributed by atoms with van der Waals surface area (Å²) in [6.45, 7) is 1.84. The Balaban J connectivity index is 1.74. The Morgan fingerprint density at radius 3 is 2.89 bits per heavy atom. The Bertz CT molecular complexity index is 393. The van der Waals surface area contributed by atoms with Gasteiger partial charge < -0.3 is 10.1 Å². The van der Waals surface area contributed by atoms with E-state index < -0.39 is 0 Å². The third-order valence-electron chi connectivity index (χ3n) is 4.24. The van der Waals surface area contributed by atoms with Crippen molar-refractivity contribution in [3.8, 4) is 0 Å². The van der Waals surface area contributed by atoms with Gasteiger partial charge in [-0.15, -0.1) is 0 Å². The number of fused-ring (bicyclic) bond motifs is 1. The Hall–Kier alpha value is -0.380. The lowest BCUT2D eigenvalue weighted by molar-refractivity contribution is 0.0397. The minimum absolute atomic E-state index is 0.186. The van der Waals surface area contributed by atoms with Crippen LogP contribution >= 0.6 is 15.9 Å². The molecule has 0 aromatic heterocycles. The molecule has 1 N–H and O–H groups in total. The van der Waals surface area contributed by atoms with E-state index in [0.29, 0.717) is 12.0 Å². The molecule has 0 bridgehead atoms. The highest BCUT2D eigenvalue weighted by Crippen LogP contribution is 2.32. The van der Waals surface area contributed by atoms with Crippen molar-refractivity contribution in [2.45, 2.75) is 37.8 Å². The van der Waals surface area contributed by atoms with Crippen LogP contribution in [-0.2, 0) is 4.74 Å². The summed E-state index contributed by atoms with van der Waals surface area (Å²) in [5.41, 5.74) is 1.27. The third kappa shape index (κ3) is 2.63. The van der Waals surface area contributed by atoms with Crippen LogP contribution in [0.15, 0.2) is 28.7 Å². The molecule has 3 unspecified atom stereocenters. The highest BCUT2D eigenvalue weighted by atomic mass is 79.9. The highest BCUT2D eigenvalue weighted by molar-refractivity contribution is 9.10. The first-order valence-electron chi connectivity index (χ1n) is 6.94. The van der Waals surface area contributed by atoms with Crippen LogP contribution in [0.4, 0.5) is 0 Å². The lowest BCUT2D eigenvalue weighted by atomic mass is 9.85. The van der Waals surface area contributed by atoms with E-state index in [2.05, 4.69) is 45.5 Å². The van der Waals surface area contributed by atoms with Crippen LogP contribution < -0.4 is 5.32 Å². The number of nitrogens with one attached hydrogen (secondary N) is 1. The molecule has 1 aromatic carbocycles. The maximum absolute atomic E-state index is 6.15. The molecule has 3 atom stereocenters. The second-order valence-corrected chi connectivity index (χ2v) is 6.26. The quantitative estimate of drug-likeness (QED) is 0.854. The van der Waals surface area contributed by atoms with Crippen molar-refractivity contribution in [2.24, 2.45) is 5.92 Å². The van der Waals surface area contributed by atoms with Crippen molar-refractivity contribution in [3.05, 3.63) is 34.3 Å². The summed E-state index contributed by atoms with van der Waals surface area (Å²) >= 11 is 3.63. The molecule has 1 heterocycles. The van der Waals surface area contributed by atoms with Crippen LogP contribution in [0.1, 0.15) is 37.4 Å². The monoisotopic (exact) mass is 309 g/mol. The maximum Gasteiger partial charge on any atom is 0.0960 e. The fourth-order valence-electron chi connectivity index (χ4n) is 3.17. The predicted molar refractivity (Wildman–Crippen MR) is 76.6 cm³/mol. The van der Waals surface area contributed by atoms with Crippen LogP contribution in [0, 0.1) is 5.92 Å². The van der Waals surface area contributed by atoms with Crippen LogP contribution in [0.2, 0.25) is 0 Å². The van der Waals surface area contributed by atoms with Gasteiger partial charge in [-0.3, -0.25) is 0 Å². The third-order valence-corrected chi connectivity index (χ3v) is 4.96. The SMILES string of the molecule is Brc1ccccc1C1CNC2CCCCC2CO1. The van der Waals surface area contributed by atoms with Crippen LogP contribution in [0.5, 0.6) is 0 Å². The molecular formula is C15H20BrNO. The zero-order valence-electron chi connectivity index (χ0n) is 10.6. The number of rotatable bonds is 1. The smallest absolute Gasteiger partial charge is 0.0960 e. The largest absolute Gasteiger partial charge is 0.372 e. The van der Waals surface area contributed by atoms with E-state index in [4.69, 9.17) is 4.74 Å². The van der Waals surface area contributed by atoms with E-state index in [1.807, 2.05) is 0 Å². The van der Waals surface area contributed by atoms with Crippen molar-refractivity contribution < 1.29 is 4.74 Å². The topological polar surface area (TPSA) is 21.3 Å². The van der Waals surface area contributed by atoms with E-state index in [1.54, 1.807) is 0 Å². The zero-order valence-corrected chi connectivity index (χ0v) is 12.2. The van der Waals surface area contributed by atoms with Crippen LogP contribution in [0.3, 0.4) is 0 Å². The van der Waals surface area contributed by atoms with Gasteiger partial charge in [0.05, 0.1) is 12.7 Å². The van der Waals surface area contributed by atoms with Gasteiger partial charge >= 0.3 is 0 Å². The Kier molecular flexibility index (Phi) is 4.02. The molecule has 3 heteroatoms. The molecule has 1 aliphatic carbocycles. The summed E-state index contributed by atoms with van der Waals surface area (Å²) in [6, 6.07) is 9.06. The molecule has 1 saturated carbocycles. The summed E-state index contributed by atoms with van der Waals surface area (Å²) in [7, 11) is 0. The molecule has 0 radical (unpaired) electrons. The van der Waals surface area contributed by atoms with Gasteiger partial charge in [0.2, 0.25) is 0 Å². The van der Waals surface area contributed by atoms with Crippen LogP contribution in [-0.4, -0.2) is 19.2 Å². The minimum atomic E-state index is 0.186. The van der Waals surface area contributed by atoms with Crippen molar-refractivity contribution >= 4 is 15.9 Å². The van der Waals surface area contributed by atoms with E-state index >= 15 is 0 Å². The second kappa shape index (κ2) is 5.72. The number of benzene rings is 1. The van der Waals surface area contributed by atoms with Crippen molar-refractivity contribution in [1.82, 2.24) is 5.32 Å². The van der Waals surface area contributed by atoms with E-state index in [-0.39, 0.29) is 6.10 Å². The Morgan fingerprint density at radius 1 is 1.17 bits per heavy atom. The first-order chi connectivity index (χ1) is 8.84. The minimum Gasteiger partial charge on any atom is -0.372 e. The lowest BCUT2D eigenvalue weighted by Crippen LogP contribution is -2.38. The van der Waals surface area contributed by atoms with Crippen molar-refractivity contribution in [1.29, 1.82) is 0 Å². The predicted octanol–water partition coefficient (Wildman–Crippen LogP) is 3.67. The molecule has 18 heavy (non-hydrogen) atoms. The van der Waals surface area contributed by atoms with Crippen LogP contribution in [0.25, 0.3) is 0 Å². The molecule has 0 amide bonds. The molecule has 0 spiro atoms. The summed E-state index contributed by atoms with van der Waals surface area (Å²) in [5.74, 6) is 0.714. The summed E-state index contributed by atoms with van der Waals surface area (Å²) in [4.78, 5) is 0. The molecule has 1 saturated heterocycles. The number of hydrogen-bond donors (Lipinski definition) is 1. The standard InChI is InChI=1S/C15H20BrNO/c16-13-7-3-2-6-12(13)15-9-17-14-8-4-1-5-11(14)10-18-15/h2-3,6-7,11,14-15,17H,1,4-5,8-10H2. The summed E-state index contributed by atoms with van der Waals surface area (Å²) < 4.78 is 7.30. The average Bonchev–Trinajstić information content (AvgIpc) is 2.62. The molecule has 2 nitrogen and oxygen atoms in total. The molecular weight excluding hydrogens is 290 g/mol. The molecule has 98 valence electrons. The molecule has 2 fully saturated rings. The number of hydrogen-bond acceptors (Lipinski definition) is 2. The van der Waals surface area contributed by atoms with E-state index in [9.17, 15) is 0 Å². The van der Waals surface area contributed by atoms with Crippen molar-refractivity contribution in [3.63, 3.8) is 0 Å². The van der Waals surface area contributed by atoms with Gasteiger partial charge in [-0.2, -0.15) is 0 Å². The Labute approximate surface area is 117 Å². The van der Waals surface area contributed by atoms with Gasteiger partial charge in [0, 0.05) is 17.1 Å². The van der Waals surface area contributed by atoms with E-state index in [1.165, 1.54) is 31.2 Å². The van der Waals surface area contributed by atoms with Gasteiger partial charge in [0.15, 0.2) is 0 Å². The lowest BCUT2D eigenvalue weighted by Gasteiger charge is -2.29. The molecule has 1 aromatic rings. The van der Waals surface area contributed by atoms with E-state index in [0.717, 1.165) is 17.6 Å². The van der Waals surface area contributed by atoms with Gasteiger partial charge in [-0.1, -0.05) is 47.0 Å².